The third-order valence-corrected chi connectivity index (χ3v) is 3.73. The number of nitrogens with zero attached hydrogens (tertiary/aromatic N) is 2. The molecule has 5 heteroatoms. The van der Waals surface area contributed by atoms with Gasteiger partial charge in [0.05, 0.1) is 6.54 Å². The third-order valence-electron chi connectivity index (χ3n) is 3.73. The molecule has 0 saturated carbocycles. The van der Waals surface area contributed by atoms with Crippen molar-refractivity contribution < 1.29 is 9.53 Å². The maximum absolute atomic E-state index is 11.6. The van der Waals surface area contributed by atoms with E-state index in [1.807, 2.05) is 4.90 Å². The van der Waals surface area contributed by atoms with Gasteiger partial charge in [0, 0.05) is 25.2 Å². The van der Waals surface area contributed by atoms with Crippen LogP contribution < -0.4 is 5.73 Å². The maximum atomic E-state index is 11.6. The van der Waals surface area contributed by atoms with Crippen LogP contribution >= 0.6 is 0 Å². The van der Waals surface area contributed by atoms with E-state index in [4.69, 9.17) is 10.5 Å². The Hall–Kier alpha value is -0.810. The Morgan fingerprint density at radius 1 is 1.53 bits per heavy atom. The summed E-state index contributed by atoms with van der Waals surface area (Å²) in [7, 11) is 0. The van der Waals surface area contributed by atoms with E-state index in [-0.39, 0.29) is 12.2 Å². The summed E-state index contributed by atoms with van der Waals surface area (Å²) >= 11 is 0. The zero-order valence-electron chi connectivity index (χ0n) is 10.8. The minimum atomic E-state index is -0.198. The van der Waals surface area contributed by atoms with Gasteiger partial charge in [0.1, 0.15) is 6.10 Å². The van der Waals surface area contributed by atoms with E-state index in [0.717, 1.165) is 13.1 Å². The van der Waals surface area contributed by atoms with Gasteiger partial charge in [-0.25, -0.2) is 4.79 Å². The van der Waals surface area contributed by atoms with Crippen LogP contribution in [-0.2, 0) is 4.74 Å². The number of amides is 1. The molecule has 2 N–H and O–H groups in total. The van der Waals surface area contributed by atoms with E-state index < -0.39 is 0 Å². The first-order valence-electron chi connectivity index (χ1n) is 6.53. The van der Waals surface area contributed by atoms with Gasteiger partial charge in [-0.05, 0) is 33.2 Å². The number of nitrogens with two attached hydrogens (primary N) is 1. The molecule has 1 unspecified atom stereocenters. The molecule has 2 atom stereocenters. The number of cyclic esters (lactones) is 1. The summed E-state index contributed by atoms with van der Waals surface area (Å²) in [6.07, 6.45) is 2.09. The second-order valence-corrected chi connectivity index (χ2v) is 5.27. The molecule has 0 spiro atoms. The Labute approximate surface area is 103 Å². The fourth-order valence-electron chi connectivity index (χ4n) is 2.83. The molecule has 17 heavy (non-hydrogen) atoms. The van der Waals surface area contributed by atoms with Crippen LogP contribution in [0.2, 0.25) is 0 Å². The van der Waals surface area contributed by atoms with Gasteiger partial charge in [-0.15, -0.1) is 0 Å². The molecule has 2 heterocycles. The van der Waals surface area contributed by atoms with E-state index in [2.05, 4.69) is 18.7 Å². The monoisotopic (exact) mass is 241 g/mol. The van der Waals surface area contributed by atoms with E-state index in [1.54, 1.807) is 0 Å². The molecule has 0 bridgehead atoms. The van der Waals surface area contributed by atoms with Crippen molar-refractivity contribution in [1.82, 2.24) is 9.80 Å². The van der Waals surface area contributed by atoms with E-state index >= 15 is 0 Å². The molecule has 2 rings (SSSR count). The van der Waals surface area contributed by atoms with Crippen molar-refractivity contribution >= 4 is 6.09 Å². The molecule has 98 valence electrons. The van der Waals surface area contributed by atoms with E-state index in [1.165, 1.54) is 12.8 Å². The average Bonchev–Trinajstić information content (AvgIpc) is 2.87. The molecule has 0 radical (unpaired) electrons. The molecule has 0 aromatic rings. The number of carbonyl (C=O) groups excluding carboxylic acids is 1. The maximum Gasteiger partial charge on any atom is 0.410 e. The average molecular weight is 241 g/mol. The highest BCUT2D eigenvalue weighted by Crippen LogP contribution is 2.22. The number of likely N-dealkylation sites (tertiary alicyclic amines) is 1. The van der Waals surface area contributed by atoms with Crippen LogP contribution in [0, 0.1) is 0 Å². The Morgan fingerprint density at radius 3 is 2.88 bits per heavy atom. The summed E-state index contributed by atoms with van der Waals surface area (Å²) in [5, 5.41) is 0. The lowest BCUT2D eigenvalue weighted by Crippen LogP contribution is -2.44. The molecule has 2 aliphatic heterocycles. The number of ether oxygens (including phenoxy) is 1. The topological polar surface area (TPSA) is 58.8 Å². The molecule has 2 fully saturated rings. The lowest BCUT2D eigenvalue weighted by molar-refractivity contribution is 0.126. The van der Waals surface area contributed by atoms with Crippen molar-refractivity contribution in [2.75, 3.05) is 26.2 Å². The summed E-state index contributed by atoms with van der Waals surface area (Å²) in [5.74, 6) is 0. The standard InChI is InChI=1S/C12H23N3O2/c1-9(2)15-5-3-4-10(15)7-14-8-11(6-13)17-12(14)16/h9-11H,3-8,13H2,1-2H3/t10?,11-/m0/s1. The number of hydrogen-bond acceptors (Lipinski definition) is 4. The lowest BCUT2D eigenvalue weighted by atomic mass is 10.2. The van der Waals surface area contributed by atoms with Crippen LogP contribution in [0.5, 0.6) is 0 Å². The second kappa shape index (κ2) is 5.23. The van der Waals surface area contributed by atoms with E-state index in [9.17, 15) is 4.79 Å². The predicted molar refractivity (Wildman–Crippen MR) is 65.8 cm³/mol. The van der Waals surface area contributed by atoms with Crippen molar-refractivity contribution in [2.24, 2.45) is 5.73 Å². The zero-order chi connectivity index (χ0) is 12.4. The highest BCUT2D eigenvalue weighted by Gasteiger charge is 2.35. The van der Waals surface area contributed by atoms with Gasteiger partial charge in [0.2, 0.25) is 0 Å². The van der Waals surface area contributed by atoms with Crippen LogP contribution in [0.4, 0.5) is 4.79 Å². The summed E-state index contributed by atoms with van der Waals surface area (Å²) in [6.45, 7) is 7.42. The second-order valence-electron chi connectivity index (χ2n) is 5.27. The van der Waals surface area contributed by atoms with E-state index in [0.29, 0.717) is 25.2 Å². The predicted octanol–water partition coefficient (Wildman–Crippen LogP) is 0.639. The smallest absolute Gasteiger partial charge is 0.410 e. The van der Waals surface area contributed by atoms with Crippen molar-refractivity contribution in [1.29, 1.82) is 0 Å². The Kier molecular flexibility index (Phi) is 3.89. The number of rotatable bonds is 4. The molecule has 0 aliphatic carbocycles. The highest BCUT2D eigenvalue weighted by molar-refractivity contribution is 5.70. The van der Waals surface area contributed by atoms with Gasteiger partial charge < -0.3 is 15.4 Å². The van der Waals surface area contributed by atoms with Gasteiger partial charge in [-0.3, -0.25) is 4.90 Å². The van der Waals surface area contributed by atoms with Crippen molar-refractivity contribution in [3.8, 4) is 0 Å². The van der Waals surface area contributed by atoms with Crippen molar-refractivity contribution in [3.05, 3.63) is 0 Å². The normalized spacial score (nSPS) is 30.4. The quantitative estimate of drug-likeness (QED) is 0.784. The first kappa shape index (κ1) is 12.6. The first-order chi connectivity index (χ1) is 8.11. The van der Waals surface area contributed by atoms with Crippen LogP contribution in [0.25, 0.3) is 0 Å². The largest absolute Gasteiger partial charge is 0.443 e. The third kappa shape index (κ3) is 2.72. The van der Waals surface area contributed by atoms with Crippen LogP contribution in [0.3, 0.4) is 0 Å². The summed E-state index contributed by atoms with van der Waals surface area (Å²) < 4.78 is 5.17. The Morgan fingerprint density at radius 2 is 2.29 bits per heavy atom. The molecular weight excluding hydrogens is 218 g/mol. The number of hydrogen-bond donors (Lipinski definition) is 1. The first-order valence-corrected chi connectivity index (χ1v) is 6.53. The fourth-order valence-corrected chi connectivity index (χ4v) is 2.83. The van der Waals surface area contributed by atoms with Gasteiger partial charge in [0.25, 0.3) is 0 Å². The lowest BCUT2D eigenvalue weighted by Gasteiger charge is -2.30. The van der Waals surface area contributed by atoms with Crippen LogP contribution in [-0.4, -0.2) is 60.3 Å². The van der Waals surface area contributed by atoms with Crippen LogP contribution in [0.15, 0.2) is 0 Å². The minimum Gasteiger partial charge on any atom is -0.443 e. The van der Waals surface area contributed by atoms with Crippen molar-refractivity contribution in [3.63, 3.8) is 0 Å². The molecule has 2 saturated heterocycles. The SMILES string of the molecule is CC(C)N1CCCC1CN1C[C@H](CN)OC1=O. The Balaban J connectivity index is 1.90. The fraction of sp³-hybridized carbons (Fsp3) is 0.917. The highest BCUT2D eigenvalue weighted by atomic mass is 16.6. The van der Waals surface area contributed by atoms with Gasteiger partial charge >= 0.3 is 6.09 Å². The van der Waals surface area contributed by atoms with Crippen molar-refractivity contribution in [2.45, 2.75) is 44.9 Å². The molecule has 5 nitrogen and oxygen atoms in total. The summed E-state index contributed by atoms with van der Waals surface area (Å²) in [4.78, 5) is 15.9. The zero-order valence-corrected chi connectivity index (χ0v) is 10.8. The van der Waals surface area contributed by atoms with Gasteiger partial charge in [0.15, 0.2) is 0 Å². The van der Waals surface area contributed by atoms with Gasteiger partial charge in [-0.2, -0.15) is 0 Å². The molecule has 2 aliphatic rings. The molecule has 0 aromatic carbocycles. The van der Waals surface area contributed by atoms with Crippen LogP contribution in [0.1, 0.15) is 26.7 Å². The summed E-state index contributed by atoms with van der Waals surface area (Å²) in [5.41, 5.74) is 5.53. The molecular formula is C12H23N3O2. The molecule has 1 amide bonds. The Bertz CT molecular complexity index is 283. The minimum absolute atomic E-state index is 0.114. The van der Waals surface area contributed by atoms with Gasteiger partial charge in [-0.1, -0.05) is 0 Å². The number of carbonyl (C=O) groups is 1. The summed E-state index contributed by atoms with van der Waals surface area (Å²) in [6, 6.07) is 1.03. The molecule has 0 aromatic heterocycles.